The van der Waals surface area contributed by atoms with Crippen LogP contribution in [0.1, 0.15) is 30.6 Å². The number of urea groups is 1. The van der Waals surface area contributed by atoms with Gasteiger partial charge in [0.25, 0.3) is 0 Å². The van der Waals surface area contributed by atoms with Crippen LogP contribution in [0.25, 0.3) is 0 Å². The Morgan fingerprint density at radius 2 is 2.07 bits per heavy atom. The second kappa shape index (κ2) is 9.18. The third-order valence-electron chi connectivity index (χ3n) is 4.00. The Hall–Kier alpha value is -3.14. The lowest BCUT2D eigenvalue weighted by Crippen LogP contribution is -2.37. The molecule has 0 fully saturated rings. The molecule has 148 valence electrons. The van der Waals surface area contributed by atoms with Gasteiger partial charge in [0.05, 0.1) is 5.71 Å². The van der Waals surface area contributed by atoms with Crippen molar-refractivity contribution < 1.29 is 9.53 Å². The molecule has 2 aromatic rings. The molecule has 1 aliphatic heterocycles. The number of aromatic nitrogens is 4. The lowest BCUT2D eigenvalue weighted by atomic mass is 10.2. The average molecular weight is 384 g/mol. The number of rotatable bonds is 8. The zero-order valence-corrected chi connectivity index (χ0v) is 16.3. The Bertz CT molecular complexity index is 885. The van der Waals surface area contributed by atoms with Crippen molar-refractivity contribution in [3.8, 4) is 0 Å². The maximum Gasteiger partial charge on any atom is 0.314 e. The highest BCUT2D eigenvalue weighted by atomic mass is 16.5. The minimum atomic E-state index is -0.218. The lowest BCUT2D eigenvalue weighted by Gasteiger charge is -2.06. The summed E-state index contributed by atoms with van der Waals surface area (Å²) in [5.74, 6) is 1.77. The van der Waals surface area contributed by atoms with Crippen LogP contribution in [0.15, 0.2) is 28.4 Å². The number of nitrogens with zero attached hydrogens (tertiary/aromatic N) is 6. The van der Waals surface area contributed by atoms with E-state index < -0.39 is 0 Å². The van der Waals surface area contributed by atoms with Crippen molar-refractivity contribution >= 4 is 23.3 Å². The van der Waals surface area contributed by atoms with Gasteiger partial charge in [0.15, 0.2) is 11.6 Å². The molecule has 2 aromatic heterocycles. The van der Waals surface area contributed by atoms with E-state index in [4.69, 9.17) is 4.74 Å². The maximum absolute atomic E-state index is 11.7. The van der Waals surface area contributed by atoms with E-state index in [0.717, 1.165) is 17.7 Å². The molecule has 1 aliphatic rings. The molecule has 0 saturated heterocycles. The fourth-order valence-corrected chi connectivity index (χ4v) is 2.56. The Morgan fingerprint density at radius 3 is 2.82 bits per heavy atom. The molecule has 3 rings (SSSR count). The number of ether oxygens (including phenoxy) is 1. The predicted molar refractivity (Wildman–Crippen MR) is 105 cm³/mol. The molecular weight excluding hydrogens is 360 g/mol. The standard InChI is InChI=1S/C18H24N8O2/c1-12-5-6-14(21-11-12)22-16-13(2)24-26-17(16)23-15(25-26)7-9-20-18(27)19-8-4-10-28-3/h5-6,11H,4,7-10H2,1-3H3,(H2,19,20,27). The first-order chi connectivity index (χ1) is 13.6. The van der Waals surface area contributed by atoms with Gasteiger partial charge in [0.1, 0.15) is 5.71 Å². The summed E-state index contributed by atoms with van der Waals surface area (Å²) in [6.45, 7) is 5.44. The summed E-state index contributed by atoms with van der Waals surface area (Å²) >= 11 is 0. The molecule has 2 N–H and O–H groups in total. The normalized spacial score (nSPS) is 14.1. The Kier molecular flexibility index (Phi) is 6.43. The first-order valence-electron chi connectivity index (χ1n) is 9.11. The number of aryl methyl sites for hydroxylation is 1. The molecule has 2 amide bonds. The number of nitrogens with one attached hydrogen (secondary N) is 2. The van der Waals surface area contributed by atoms with E-state index in [9.17, 15) is 4.79 Å². The summed E-state index contributed by atoms with van der Waals surface area (Å²) in [5.41, 5.74) is 2.46. The second-order valence-corrected chi connectivity index (χ2v) is 6.36. The van der Waals surface area contributed by atoms with Gasteiger partial charge in [-0.05, 0) is 31.9 Å². The van der Waals surface area contributed by atoms with Gasteiger partial charge in [-0.2, -0.15) is 5.10 Å². The highest BCUT2D eigenvalue weighted by Gasteiger charge is 2.24. The van der Waals surface area contributed by atoms with Crippen molar-refractivity contribution in [2.24, 2.45) is 10.1 Å². The lowest BCUT2D eigenvalue weighted by molar-refractivity contribution is 0.193. The smallest absolute Gasteiger partial charge is 0.314 e. The van der Waals surface area contributed by atoms with Gasteiger partial charge < -0.3 is 15.4 Å². The minimum Gasteiger partial charge on any atom is -0.385 e. The van der Waals surface area contributed by atoms with Crippen molar-refractivity contribution in [2.45, 2.75) is 26.7 Å². The van der Waals surface area contributed by atoms with E-state index in [2.05, 4.69) is 35.8 Å². The zero-order valence-electron chi connectivity index (χ0n) is 16.3. The van der Waals surface area contributed by atoms with Gasteiger partial charge in [-0.15, -0.1) is 9.89 Å². The third-order valence-corrected chi connectivity index (χ3v) is 4.00. The second-order valence-electron chi connectivity index (χ2n) is 6.36. The fourth-order valence-electron chi connectivity index (χ4n) is 2.56. The average Bonchev–Trinajstić information content (AvgIpc) is 3.18. The largest absolute Gasteiger partial charge is 0.385 e. The third kappa shape index (κ3) is 4.97. The number of fused-ring (bicyclic) bond motifs is 1. The van der Waals surface area contributed by atoms with Gasteiger partial charge >= 0.3 is 6.03 Å². The van der Waals surface area contributed by atoms with E-state index in [1.807, 2.05) is 26.0 Å². The van der Waals surface area contributed by atoms with Crippen LogP contribution < -0.4 is 10.6 Å². The molecule has 0 aromatic carbocycles. The Morgan fingerprint density at radius 1 is 1.25 bits per heavy atom. The monoisotopic (exact) mass is 384 g/mol. The number of aliphatic imine (C=N–C) groups is 1. The number of hydrogen-bond acceptors (Lipinski definition) is 7. The number of pyridine rings is 1. The molecule has 0 unspecified atom stereocenters. The highest BCUT2D eigenvalue weighted by molar-refractivity contribution is 6.48. The summed E-state index contributed by atoms with van der Waals surface area (Å²) in [7, 11) is 1.63. The van der Waals surface area contributed by atoms with E-state index >= 15 is 0 Å². The number of amides is 2. The summed E-state index contributed by atoms with van der Waals surface area (Å²) in [6, 6.07) is 3.59. The molecule has 0 spiro atoms. The number of carbonyl (C=O) groups excluding carboxylic acids is 1. The van der Waals surface area contributed by atoms with Crippen LogP contribution in [0, 0.1) is 6.92 Å². The van der Waals surface area contributed by atoms with E-state index in [1.54, 1.807) is 13.3 Å². The number of carbonyl (C=O) groups is 1. The van der Waals surface area contributed by atoms with E-state index in [-0.39, 0.29) is 6.03 Å². The molecule has 0 saturated carbocycles. The van der Waals surface area contributed by atoms with Crippen LogP contribution in [0.5, 0.6) is 0 Å². The molecule has 0 aliphatic carbocycles. The summed E-state index contributed by atoms with van der Waals surface area (Å²) in [4.78, 5) is 26.5. The zero-order chi connectivity index (χ0) is 19.9. The number of hydrogen-bond donors (Lipinski definition) is 2. The van der Waals surface area contributed by atoms with Crippen LogP contribution in [0.3, 0.4) is 0 Å². The SMILES string of the molecule is COCCCNC(=O)NCCc1nc2n(n1)N=C(C)C2=Nc1ccc(C)cn1. The van der Waals surface area contributed by atoms with Gasteiger partial charge in [0, 0.05) is 39.4 Å². The molecule has 3 heterocycles. The van der Waals surface area contributed by atoms with E-state index in [0.29, 0.717) is 49.3 Å². The molecule has 10 nitrogen and oxygen atoms in total. The van der Waals surface area contributed by atoms with Crippen LogP contribution in [-0.2, 0) is 11.2 Å². The van der Waals surface area contributed by atoms with E-state index in [1.165, 1.54) is 4.79 Å². The Labute approximate surface area is 163 Å². The van der Waals surface area contributed by atoms with Crippen molar-refractivity contribution in [3.05, 3.63) is 35.5 Å². The molecule has 0 radical (unpaired) electrons. The number of methoxy groups -OCH3 is 1. The molecule has 10 heteroatoms. The summed E-state index contributed by atoms with van der Waals surface area (Å²) in [5, 5.41) is 14.3. The van der Waals surface area contributed by atoms with Crippen molar-refractivity contribution in [2.75, 3.05) is 26.8 Å². The first kappa shape index (κ1) is 19.6. The molecule has 0 atom stereocenters. The van der Waals surface area contributed by atoms with Crippen LogP contribution >= 0.6 is 0 Å². The molecule has 28 heavy (non-hydrogen) atoms. The minimum absolute atomic E-state index is 0.218. The quantitative estimate of drug-likeness (QED) is 0.663. The van der Waals surface area contributed by atoms with Gasteiger partial charge in [0.2, 0.25) is 5.82 Å². The maximum atomic E-state index is 11.7. The predicted octanol–water partition coefficient (Wildman–Crippen LogP) is 1.22. The topological polar surface area (TPSA) is 119 Å². The van der Waals surface area contributed by atoms with Crippen LogP contribution in [-0.4, -0.2) is 64.1 Å². The van der Waals surface area contributed by atoms with Crippen LogP contribution in [0.2, 0.25) is 0 Å². The summed E-state index contributed by atoms with van der Waals surface area (Å²) < 4.78 is 4.94. The molecule has 0 bridgehead atoms. The molecular formula is C18H24N8O2. The first-order valence-corrected chi connectivity index (χ1v) is 9.11. The fraction of sp³-hybridized carbons (Fsp3) is 0.444. The van der Waals surface area contributed by atoms with Gasteiger partial charge in [-0.1, -0.05) is 6.07 Å². The van der Waals surface area contributed by atoms with Crippen molar-refractivity contribution in [1.82, 2.24) is 30.5 Å². The van der Waals surface area contributed by atoms with Gasteiger partial charge in [-0.25, -0.2) is 19.8 Å². The van der Waals surface area contributed by atoms with Crippen molar-refractivity contribution in [3.63, 3.8) is 0 Å². The summed E-state index contributed by atoms with van der Waals surface area (Å²) in [6.07, 6.45) is 3.04. The van der Waals surface area contributed by atoms with Gasteiger partial charge in [-0.3, -0.25) is 0 Å². The van der Waals surface area contributed by atoms with Crippen LogP contribution in [0.4, 0.5) is 10.6 Å². The highest BCUT2D eigenvalue weighted by Crippen LogP contribution is 2.16. The Balaban J connectivity index is 1.57. The van der Waals surface area contributed by atoms with Crippen molar-refractivity contribution in [1.29, 1.82) is 0 Å².